The molecule has 0 unspecified atom stereocenters. The molecule has 0 aliphatic carbocycles. The van der Waals surface area contributed by atoms with Crippen molar-refractivity contribution in [1.29, 1.82) is 0 Å². The van der Waals surface area contributed by atoms with E-state index < -0.39 is 14.9 Å². The third-order valence-corrected chi connectivity index (χ3v) is 4.66. The quantitative estimate of drug-likeness (QED) is 0.557. The van der Waals surface area contributed by atoms with Crippen molar-refractivity contribution in [2.24, 2.45) is 5.41 Å². The molecule has 0 aliphatic rings. The molecule has 0 spiro atoms. The largest absolute Gasteiger partial charge is 0.339 e. The lowest BCUT2D eigenvalue weighted by atomic mass is 9.93. The maximum absolute atomic E-state index is 12.3. The van der Waals surface area contributed by atoms with Crippen LogP contribution in [0.3, 0.4) is 0 Å². The van der Waals surface area contributed by atoms with Gasteiger partial charge in [0.15, 0.2) is 0 Å². The second-order valence-corrected chi connectivity index (χ2v) is 8.35. The minimum atomic E-state index is -3.77. The molecule has 7 nitrogen and oxygen atoms in total. The van der Waals surface area contributed by atoms with E-state index in [0.717, 1.165) is 12.6 Å². The number of nitro groups is 1. The Morgan fingerprint density at radius 2 is 1.91 bits per heavy atom. The van der Waals surface area contributed by atoms with Gasteiger partial charge in [-0.3, -0.25) is 10.1 Å². The van der Waals surface area contributed by atoms with E-state index in [1.165, 1.54) is 17.0 Å². The summed E-state index contributed by atoms with van der Waals surface area (Å²) in [5.74, 6) is 0. The minimum absolute atomic E-state index is 0.0854. The van der Waals surface area contributed by atoms with Crippen molar-refractivity contribution in [2.45, 2.75) is 25.7 Å². The minimum Gasteiger partial charge on any atom is -0.339 e. The standard InChI is InChI=1S/C14H23N3O4S/c1-11-6-7-12(8-13(11)17(18)19)22(20,21)15-9-14(2,3)10-16(4)5/h6-8,15H,9-10H2,1-5H3/p+1. The number of aryl methyl sites for hydroxylation is 1. The van der Waals surface area contributed by atoms with E-state index in [4.69, 9.17) is 0 Å². The van der Waals surface area contributed by atoms with Gasteiger partial charge in [-0.15, -0.1) is 0 Å². The number of sulfonamides is 1. The van der Waals surface area contributed by atoms with Crippen LogP contribution in [0.2, 0.25) is 0 Å². The zero-order valence-electron chi connectivity index (χ0n) is 13.6. The molecule has 0 radical (unpaired) electrons. The van der Waals surface area contributed by atoms with E-state index in [-0.39, 0.29) is 22.5 Å². The zero-order chi connectivity index (χ0) is 17.1. The molecule has 1 rings (SSSR count). The van der Waals surface area contributed by atoms with Gasteiger partial charge < -0.3 is 4.90 Å². The molecule has 0 amide bonds. The molecule has 0 saturated heterocycles. The van der Waals surface area contributed by atoms with Crippen LogP contribution in [-0.4, -0.2) is 40.5 Å². The van der Waals surface area contributed by atoms with Gasteiger partial charge in [-0.25, -0.2) is 13.1 Å². The molecule has 124 valence electrons. The van der Waals surface area contributed by atoms with E-state index >= 15 is 0 Å². The van der Waals surface area contributed by atoms with Crippen molar-refractivity contribution in [3.05, 3.63) is 33.9 Å². The average molecular weight is 330 g/mol. The number of hydrogen-bond acceptors (Lipinski definition) is 4. The predicted octanol–water partition coefficient (Wildman–Crippen LogP) is 0.352. The number of hydrogen-bond donors (Lipinski definition) is 2. The molecule has 22 heavy (non-hydrogen) atoms. The maximum atomic E-state index is 12.3. The summed E-state index contributed by atoms with van der Waals surface area (Å²) >= 11 is 0. The van der Waals surface area contributed by atoms with Crippen molar-refractivity contribution < 1.29 is 18.2 Å². The van der Waals surface area contributed by atoms with Gasteiger partial charge in [0.1, 0.15) is 0 Å². The fourth-order valence-corrected chi connectivity index (χ4v) is 3.61. The van der Waals surface area contributed by atoms with Gasteiger partial charge in [0, 0.05) is 23.6 Å². The summed E-state index contributed by atoms with van der Waals surface area (Å²) < 4.78 is 27.2. The first-order valence-corrected chi connectivity index (χ1v) is 8.47. The molecule has 2 N–H and O–H groups in total. The smallest absolute Gasteiger partial charge is 0.273 e. The molecule has 0 heterocycles. The van der Waals surface area contributed by atoms with Crippen LogP contribution < -0.4 is 9.62 Å². The lowest BCUT2D eigenvalue weighted by Gasteiger charge is -2.26. The van der Waals surface area contributed by atoms with E-state index in [1.54, 1.807) is 6.92 Å². The van der Waals surface area contributed by atoms with Crippen LogP contribution in [-0.2, 0) is 10.0 Å². The summed E-state index contributed by atoms with van der Waals surface area (Å²) in [5.41, 5.74) is 0.0167. The van der Waals surface area contributed by atoms with Crippen molar-refractivity contribution in [2.75, 3.05) is 27.2 Å². The highest BCUT2D eigenvalue weighted by molar-refractivity contribution is 7.89. The number of benzene rings is 1. The van der Waals surface area contributed by atoms with Crippen LogP contribution in [0, 0.1) is 22.5 Å². The summed E-state index contributed by atoms with van der Waals surface area (Å²) in [6.07, 6.45) is 0. The molecule has 0 aromatic heterocycles. The summed E-state index contributed by atoms with van der Waals surface area (Å²) in [6, 6.07) is 3.93. The summed E-state index contributed by atoms with van der Waals surface area (Å²) in [4.78, 5) is 11.5. The summed E-state index contributed by atoms with van der Waals surface area (Å²) in [5, 5.41) is 10.9. The fraction of sp³-hybridized carbons (Fsp3) is 0.571. The van der Waals surface area contributed by atoms with E-state index in [9.17, 15) is 18.5 Å². The first-order chi connectivity index (χ1) is 9.94. The van der Waals surface area contributed by atoms with Crippen LogP contribution in [0.25, 0.3) is 0 Å². The molecular formula is C14H24N3O4S+. The van der Waals surface area contributed by atoms with Crippen LogP contribution in [0.15, 0.2) is 23.1 Å². The van der Waals surface area contributed by atoms with Gasteiger partial charge in [-0.1, -0.05) is 19.9 Å². The SMILES string of the molecule is Cc1ccc(S(=O)(=O)NCC(C)(C)C[NH+](C)C)cc1[N+](=O)[O-]. The maximum Gasteiger partial charge on any atom is 0.273 e. The zero-order valence-corrected chi connectivity index (χ0v) is 14.5. The second kappa shape index (κ2) is 6.72. The Labute approximate surface area is 131 Å². The highest BCUT2D eigenvalue weighted by Gasteiger charge is 2.26. The highest BCUT2D eigenvalue weighted by atomic mass is 32.2. The van der Waals surface area contributed by atoms with Crippen molar-refractivity contribution >= 4 is 15.7 Å². The molecule has 0 saturated carbocycles. The summed E-state index contributed by atoms with van der Waals surface area (Å²) in [6.45, 7) is 6.58. The Kier molecular flexibility index (Phi) is 5.66. The van der Waals surface area contributed by atoms with Crippen molar-refractivity contribution in [3.8, 4) is 0 Å². The molecule has 1 aromatic rings. The van der Waals surface area contributed by atoms with E-state index in [2.05, 4.69) is 4.72 Å². The summed E-state index contributed by atoms with van der Waals surface area (Å²) in [7, 11) is 0.233. The number of nitrogens with zero attached hydrogens (tertiary/aromatic N) is 1. The number of rotatable bonds is 7. The topological polar surface area (TPSA) is 93.8 Å². The van der Waals surface area contributed by atoms with Crippen molar-refractivity contribution in [1.82, 2.24) is 4.72 Å². The lowest BCUT2D eigenvalue weighted by Crippen LogP contribution is -3.07. The average Bonchev–Trinajstić information content (AvgIpc) is 2.35. The van der Waals surface area contributed by atoms with Crippen LogP contribution in [0.1, 0.15) is 19.4 Å². The second-order valence-electron chi connectivity index (χ2n) is 6.58. The van der Waals surface area contributed by atoms with Gasteiger partial charge >= 0.3 is 0 Å². The monoisotopic (exact) mass is 330 g/mol. The third-order valence-electron chi connectivity index (χ3n) is 3.26. The van der Waals surface area contributed by atoms with Crippen LogP contribution in [0.5, 0.6) is 0 Å². The van der Waals surface area contributed by atoms with E-state index in [1.807, 2.05) is 27.9 Å². The Morgan fingerprint density at radius 3 is 2.41 bits per heavy atom. The molecule has 8 heteroatoms. The third kappa shape index (κ3) is 5.04. The number of quaternary nitrogens is 1. The first-order valence-electron chi connectivity index (χ1n) is 6.98. The lowest BCUT2D eigenvalue weighted by molar-refractivity contribution is -0.865. The van der Waals surface area contributed by atoms with E-state index in [0.29, 0.717) is 5.56 Å². The first kappa shape index (κ1) is 18.5. The van der Waals surface area contributed by atoms with Crippen LogP contribution in [0.4, 0.5) is 5.69 Å². The van der Waals surface area contributed by atoms with Gasteiger partial charge in [0.05, 0.1) is 30.5 Å². The highest BCUT2D eigenvalue weighted by Crippen LogP contribution is 2.22. The van der Waals surface area contributed by atoms with Gasteiger partial charge in [0.2, 0.25) is 10.0 Å². The Bertz CT molecular complexity index is 654. The van der Waals surface area contributed by atoms with Gasteiger partial charge in [0.25, 0.3) is 5.69 Å². The van der Waals surface area contributed by atoms with Gasteiger partial charge in [-0.2, -0.15) is 0 Å². The molecule has 0 bridgehead atoms. The Balaban J connectivity index is 2.96. The van der Waals surface area contributed by atoms with Gasteiger partial charge in [-0.05, 0) is 13.0 Å². The Hall–Kier alpha value is -1.51. The number of nitro benzene ring substituents is 1. The molecule has 0 fully saturated rings. The fourth-order valence-electron chi connectivity index (χ4n) is 2.35. The molecule has 1 aromatic carbocycles. The van der Waals surface area contributed by atoms with Crippen LogP contribution >= 0.6 is 0 Å². The predicted molar refractivity (Wildman–Crippen MR) is 84.5 cm³/mol. The number of nitrogens with one attached hydrogen (secondary N) is 2. The molecule has 0 aliphatic heterocycles. The Morgan fingerprint density at radius 1 is 1.32 bits per heavy atom. The molecular weight excluding hydrogens is 306 g/mol. The van der Waals surface area contributed by atoms with Crippen molar-refractivity contribution in [3.63, 3.8) is 0 Å². The normalized spacial score (nSPS) is 12.6. The molecule has 0 atom stereocenters.